The van der Waals surface area contributed by atoms with Crippen LogP contribution in [0.4, 0.5) is 0 Å². The van der Waals surface area contributed by atoms with Gasteiger partial charge in [-0.15, -0.1) is 0 Å². The van der Waals surface area contributed by atoms with E-state index in [-0.39, 0.29) is 12.4 Å². The SMILES string of the molecule is CCCCCCCC[N+](CCCCCCCC)(CCCCCCCC)C[Si](C)(C)Cl.[Cl-]. The topological polar surface area (TPSA) is 0 Å². The molecule has 0 rings (SSSR count). The fraction of sp³-hybridized carbons (Fsp3) is 1.00. The molecule has 190 valence electrons. The molecule has 0 heterocycles. The van der Waals surface area contributed by atoms with Gasteiger partial charge in [-0.25, -0.2) is 0 Å². The minimum absolute atomic E-state index is 0. The van der Waals surface area contributed by atoms with Gasteiger partial charge >= 0.3 is 0 Å². The number of hydrogen-bond donors (Lipinski definition) is 0. The maximum absolute atomic E-state index is 6.98. The molecule has 0 aliphatic rings. The summed E-state index contributed by atoms with van der Waals surface area (Å²) in [7, 11) is -1.59. The molecule has 0 amide bonds. The van der Waals surface area contributed by atoms with Crippen LogP contribution in [-0.4, -0.2) is 37.7 Å². The number of hydrogen-bond acceptors (Lipinski definition) is 0. The maximum Gasteiger partial charge on any atom is 0.211 e. The fourth-order valence-electron chi connectivity index (χ4n) is 5.05. The summed E-state index contributed by atoms with van der Waals surface area (Å²) in [4.78, 5) is 0. The Hall–Kier alpha value is 0.757. The maximum atomic E-state index is 6.98. The Balaban J connectivity index is 0. The fourth-order valence-corrected chi connectivity index (χ4v) is 7.88. The van der Waals surface area contributed by atoms with E-state index in [2.05, 4.69) is 33.9 Å². The van der Waals surface area contributed by atoms with Gasteiger partial charge in [0.2, 0.25) is 7.38 Å². The van der Waals surface area contributed by atoms with E-state index in [1.54, 1.807) is 0 Å². The molecule has 1 nitrogen and oxygen atoms in total. The summed E-state index contributed by atoms with van der Waals surface area (Å²) >= 11 is 6.98. The lowest BCUT2D eigenvalue weighted by molar-refractivity contribution is -0.919. The highest BCUT2D eigenvalue weighted by Gasteiger charge is 2.34. The van der Waals surface area contributed by atoms with Gasteiger partial charge in [0.25, 0.3) is 0 Å². The predicted octanol–water partition coefficient (Wildman–Crippen LogP) is 6.87. The quantitative estimate of drug-likeness (QED) is 0.0626. The Bertz CT molecular complexity index is 317. The Kier molecular flexibility index (Phi) is 24.7. The van der Waals surface area contributed by atoms with Crippen molar-refractivity contribution < 1.29 is 16.9 Å². The summed E-state index contributed by atoms with van der Waals surface area (Å²) in [6.45, 7) is 15.9. The highest BCUT2D eigenvalue weighted by molar-refractivity contribution is 7.19. The molecule has 0 aromatic rings. The van der Waals surface area contributed by atoms with Crippen LogP contribution in [0.3, 0.4) is 0 Å². The Morgan fingerprint density at radius 3 is 1.00 bits per heavy atom. The van der Waals surface area contributed by atoms with E-state index in [0.29, 0.717) is 0 Å². The molecular formula is C27H59Cl2NSi. The molecule has 0 N–H and O–H groups in total. The van der Waals surface area contributed by atoms with Crippen LogP contribution in [0.15, 0.2) is 0 Å². The summed E-state index contributed by atoms with van der Waals surface area (Å²) in [6.07, 6.45) is 26.7. The molecule has 0 aromatic heterocycles. The van der Waals surface area contributed by atoms with Gasteiger partial charge in [-0.05, 0) is 38.5 Å². The number of unbranched alkanes of at least 4 members (excludes halogenated alkanes) is 15. The molecule has 0 spiro atoms. The molecular weight excluding hydrogens is 437 g/mol. The zero-order chi connectivity index (χ0) is 22.6. The molecule has 0 radical (unpaired) electrons. The van der Waals surface area contributed by atoms with Crippen molar-refractivity contribution in [1.29, 1.82) is 0 Å². The Morgan fingerprint density at radius 1 is 0.484 bits per heavy atom. The summed E-state index contributed by atoms with van der Waals surface area (Å²) in [5.41, 5.74) is 0. The second-order valence-electron chi connectivity index (χ2n) is 10.7. The second-order valence-corrected chi connectivity index (χ2v) is 17.5. The van der Waals surface area contributed by atoms with Crippen molar-refractivity contribution in [3.05, 3.63) is 0 Å². The normalized spacial score (nSPS) is 12.2. The van der Waals surface area contributed by atoms with Crippen LogP contribution in [-0.2, 0) is 0 Å². The van der Waals surface area contributed by atoms with E-state index in [1.165, 1.54) is 146 Å². The third-order valence-corrected chi connectivity index (χ3v) is 8.45. The van der Waals surface area contributed by atoms with Crippen molar-refractivity contribution in [2.75, 3.05) is 25.8 Å². The summed E-state index contributed by atoms with van der Waals surface area (Å²) in [5.74, 6) is 0. The molecule has 31 heavy (non-hydrogen) atoms. The van der Waals surface area contributed by atoms with Crippen LogP contribution >= 0.6 is 11.1 Å². The molecule has 0 aliphatic heterocycles. The molecule has 0 aromatic carbocycles. The van der Waals surface area contributed by atoms with Gasteiger partial charge in [0.15, 0.2) is 0 Å². The van der Waals surface area contributed by atoms with E-state index in [1.807, 2.05) is 0 Å². The third kappa shape index (κ3) is 22.3. The minimum Gasteiger partial charge on any atom is -1.00 e. The van der Waals surface area contributed by atoms with E-state index in [9.17, 15) is 0 Å². The van der Waals surface area contributed by atoms with E-state index in [0.717, 1.165) is 0 Å². The van der Waals surface area contributed by atoms with Gasteiger partial charge in [-0.2, -0.15) is 11.1 Å². The van der Waals surface area contributed by atoms with Crippen LogP contribution in [0.2, 0.25) is 13.1 Å². The van der Waals surface area contributed by atoms with E-state index in [4.69, 9.17) is 11.1 Å². The van der Waals surface area contributed by atoms with E-state index >= 15 is 0 Å². The van der Waals surface area contributed by atoms with Gasteiger partial charge in [0.1, 0.15) is 0 Å². The first kappa shape index (κ1) is 33.9. The van der Waals surface area contributed by atoms with Crippen molar-refractivity contribution in [3.63, 3.8) is 0 Å². The van der Waals surface area contributed by atoms with Crippen molar-refractivity contribution in [3.8, 4) is 0 Å². The lowest BCUT2D eigenvalue weighted by atomic mass is 10.1. The molecule has 0 bridgehead atoms. The Labute approximate surface area is 210 Å². The van der Waals surface area contributed by atoms with Crippen LogP contribution in [0, 0.1) is 0 Å². The molecule has 0 saturated heterocycles. The lowest BCUT2D eigenvalue weighted by Crippen LogP contribution is -3.00. The van der Waals surface area contributed by atoms with Gasteiger partial charge in [-0.3, -0.25) is 0 Å². The monoisotopic (exact) mass is 495 g/mol. The molecule has 0 aliphatic carbocycles. The number of nitrogens with zero attached hydrogens (tertiary/aromatic N) is 1. The summed E-state index contributed by atoms with van der Waals surface area (Å²) < 4.78 is 1.35. The summed E-state index contributed by atoms with van der Waals surface area (Å²) in [6, 6.07) is 0. The van der Waals surface area contributed by atoms with Crippen molar-refractivity contribution in [1.82, 2.24) is 0 Å². The highest BCUT2D eigenvalue weighted by Crippen LogP contribution is 2.23. The third-order valence-electron chi connectivity index (χ3n) is 6.67. The van der Waals surface area contributed by atoms with Crippen molar-refractivity contribution >= 4 is 18.5 Å². The number of halogens is 2. The summed E-state index contributed by atoms with van der Waals surface area (Å²) in [5, 5.41) is 0. The van der Waals surface area contributed by atoms with E-state index < -0.39 is 7.38 Å². The highest BCUT2D eigenvalue weighted by atomic mass is 35.6. The van der Waals surface area contributed by atoms with Gasteiger partial charge in [0.05, 0.1) is 25.8 Å². The van der Waals surface area contributed by atoms with Crippen molar-refractivity contribution in [2.24, 2.45) is 0 Å². The Morgan fingerprint density at radius 2 is 0.742 bits per heavy atom. The minimum atomic E-state index is -1.59. The largest absolute Gasteiger partial charge is 1.00 e. The van der Waals surface area contributed by atoms with Gasteiger partial charge in [-0.1, -0.05) is 111 Å². The standard InChI is InChI=1S/C27H59ClNSi.ClH/c1-6-9-12-15-18-21-24-29(27-30(4,5)28,25-22-19-16-13-10-7-2)26-23-20-17-14-11-8-3;/h6-27H2,1-5H3;1H/q+1;/p-1. The molecule has 0 saturated carbocycles. The van der Waals surface area contributed by atoms with Crippen molar-refractivity contribution in [2.45, 2.75) is 149 Å². The number of rotatable bonds is 23. The van der Waals surface area contributed by atoms with Crippen LogP contribution in [0.5, 0.6) is 0 Å². The first-order valence-electron chi connectivity index (χ1n) is 13.9. The van der Waals surface area contributed by atoms with Crippen LogP contribution < -0.4 is 12.4 Å². The molecule has 0 fully saturated rings. The van der Waals surface area contributed by atoms with Crippen LogP contribution in [0.1, 0.15) is 136 Å². The zero-order valence-electron chi connectivity index (χ0n) is 22.3. The second kappa shape index (κ2) is 22.5. The average Bonchev–Trinajstić information content (AvgIpc) is 2.69. The lowest BCUT2D eigenvalue weighted by Gasteiger charge is -2.42. The average molecular weight is 497 g/mol. The van der Waals surface area contributed by atoms with Crippen LogP contribution in [0.25, 0.3) is 0 Å². The molecule has 0 atom stereocenters. The first-order chi connectivity index (χ1) is 14.4. The zero-order valence-corrected chi connectivity index (χ0v) is 24.8. The van der Waals surface area contributed by atoms with Gasteiger partial charge in [0, 0.05) is 0 Å². The number of quaternary nitrogens is 1. The predicted molar refractivity (Wildman–Crippen MR) is 143 cm³/mol. The first-order valence-corrected chi connectivity index (χ1v) is 18.1. The molecule has 0 unspecified atom stereocenters. The smallest absolute Gasteiger partial charge is 0.211 e. The molecule has 4 heteroatoms. The van der Waals surface area contributed by atoms with Gasteiger partial charge < -0.3 is 16.9 Å².